The van der Waals surface area contributed by atoms with Crippen molar-refractivity contribution in [2.24, 2.45) is 5.92 Å². The average Bonchev–Trinajstić information content (AvgIpc) is 3.08. The van der Waals surface area contributed by atoms with E-state index in [1.165, 1.54) is 0 Å². The molecular weight excluding hydrogens is 406 g/mol. The number of carbonyl (C=O) groups excluding carboxylic acids is 1. The van der Waals surface area contributed by atoms with Gasteiger partial charge in [-0.1, -0.05) is 11.6 Å². The Morgan fingerprint density at radius 3 is 2.67 bits per heavy atom. The van der Waals surface area contributed by atoms with E-state index in [1.807, 2.05) is 34.6 Å². The van der Waals surface area contributed by atoms with Gasteiger partial charge in [-0.15, -0.1) is 10.2 Å². The fraction of sp³-hybridized carbons (Fsp3) is 0.619. The van der Waals surface area contributed by atoms with Crippen molar-refractivity contribution in [1.82, 2.24) is 20.1 Å². The Balaban J connectivity index is 1.60. The van der Waals surface area contributed by atoms with Crippen LogP contribution in [0.15, 0.2) is 16.7 Å². The summed E-state index contributed by atoms with van der Waals surface area (Å²) in [7, 11) is 0. The van der Waals surface area contributed by atoms with Crippen molar-refractivity contribution in [2.75, 3.05) is 18.4 Å². The zero-order valence-corrected chi connectivity index (χ0v) is 19.0. The Hall–Kier alpha value is -2.35. The highest BCUT2D eigenvalue weighted by atomic mass is 35.5. The summed E-state index contributed by atoms with van der Waals surface area (Å²) in [6.07, 6.45) is 3.83. The number of hydrogen-bond donors (Lipinski definition) is 1. The quantitative estimate of drug-likeness (QED) is 0.674. The molecule has 0 unspecified atom stereocenters. The second kappa shape index (κ2) is 9.20. The molecule has 0 aromatic carbocycles. The number of aromatic nitrogens is 3. The van der Waals surface area contributed by atoms with Crippen LogP contribution in [-0.4, -0.2) is 50.9 Å². The SMILES string of the molecule is CC(C)Nc1cc(Cl)ncc1-c1nnc(CC2CCN(C(=O)OC(C)(C)C)CC2)o1. The summed E-state index contributed by atoms with van der Waals surface area (Å²) in [5.41, 5.74) is 1.06. The smallest absolute Gasteiger partial charge is 0.410 e. The minimum absolute atomic E-state index is 0.222. The second-order valence-corrected chi connectivity index (χ2v) is 9.35. The van der Waals surface area contributed by atoms with Crippen molar-refractivity contribution in [2.45, 2.75) is 65.5 Å². The van der Waals surface area contributed by atoms with Crippen molar-refractivity contribution < 1.29 is 13.9 Å². The van der Waals surface area contributed by atoms with Crippen LogP contribution in [0.3, 0.4) is 0 Å². The number of piperidine rings is 1. The Morgan fingerprint density at radius 2 is 2.03 bits per heavy atom. The summed E-state index contributed by atoms with van der Waals surface area (Å²) in [5.74, 6) is 1.39. The molecular formula is C21H30ClN5O3. The minimum atomic E-state index is -0.478. The predicted molar refractivity (Wildman–Crippen MR) is 116 cm³/mol. The first-order valence-corrected chi connectivity index (χ1v) is 10.7. The van der Waals surface area contributed by atoms with Gasteiger partial charge in [0.2, 0.25) is 5.89 Å². The van der Waals surface area contributed by atoms with Crippen LogP contribution in [0.25, 0.3) is 11.5 Å². The van der Waals surface area contributed by atoms with E-state index < -0.39 is 5.60 Å². The lowest BCUT2D eigenvalue weighted by atomic mass is 9.94. The van der Waals surface area contributed by atoms with Gasteiger partial charge in [-0.2, -0.15) is 0 Å². The zero-order chi connectivity index (χ0) is 21.9. The lowest BCUT2D eigenvalue weighted by Gasteiger charge is -2.33. The lowest BCUT2D eigenvalue weighted by Crippen LogP contribution is -2.42. The monoisotopic (exact) mass is 435 g/mol. The fourth-order valence-electron chi connectivity index (χ4n) is 3.37. The molecule has 2 aromatic heterocycles. The molecule has 0 aliphatic carbocycles. The van der Waals surface area contributed by atoms with Crippen LogP contribution in [0.4, 0.5) is 10.5 Å². The lowest BCUT2D eigenvalue weighted by molar-refractivity contribution is 0.0182. The van der Waals surface area contributed by atoms with Gasteiger partial charge in [0.25, 0.3) is 5.89 Å². The van der Waals surface area contributed by atoms with E-state index in [4.69, 9.17) is 20.8 Å². The van der Waals surface area contributed by atoms with Crippen molar-refractivity contribution in [3.63, 3.8) is 0 Å². The largest absolute Gasteiger partial charge is 0.444 e. The highest BCUT2D eigenvalue weighted by molar-refractivity contribution is 6.29. The number of likely N-dealkylation sites (tertiary alicyclic amines) is 1. The maximum Gasteiger partial charge on any atom is 0.410 e. The molecule has 3 heterocycles. The molecule has 1 N–H and O–H groups in total. The van der Waals surface area contributed by atoms with Crippen LogP contribution in [0.5, 0.6) is 0 Å². The number of ether oxygens (including phenoxy) is 1. The molecule has 0 spiro atoms. The molecule has 0 bridgehead atoms. The second-order valence-electron chi connectivity index (χ2n) is 8.97. The van der Waals surface area contributed by atoms with E-state index in [-0.39, 0.29) is 12.1 Å². The maximum absolute atomic E-state index is 12.2. The molecule has 30 heavy (non-hydrogen) atoms. The number of anilines is 1. The van der Waals surface area contributed by atoms with Crippen LogP contribution >= 0.6 is 11.6 Å². The third-order valence-corrected chi connectivity index (χ3v) is 4.95. The topological polar surface area (TPSA) is 93.4 Å². The average molecular weight is 436 g/mol. The van der Waals surface area contributed by atoms with Crippen molar-refractivity contribution in [3.8, 4) is 11.5 Å². The van der Waals surface area contributed by atoms with Crippen molar-refractivity contribution in [1.29, 1.82) is 0 Å². The normalized spacial score (nSPS) is 15.5. The van der Waals surface area contributed by atoms with Gasteiger partial charge in [-0.05, 0) is 59.4 Å². The van der Waals surface area contributed by atoms with Crippen LogP contribution in [-0.2, 0) is 11.2 Å². The van der Waals surface area contributed by atoms with Crippen molar-refractivity contribution >= 4 is 23.4 Å². The summed E-state index contributed by atoms with van der Waals surface area (Å²) in [6, 6.07) is 1.98. The van der Waals surface area contributed by atoms with E-state index in [9.17, 15) is 4.79 Å². The van der Waals surface area contributed by atoms with Crippen LogP contribution in [0.1, 0.15) is 53.4 Å². The molecule has 1 amide bonds. The Kier molecular flexibility index (Phi) is 6.85. The van der Waals surface area contributed by atoms with Crippen LogP contribution in [0, 0.1) is 5.92 Å². The van der Waals surface area contributed by atoms with Gasteiger partial charge in [0.1, 0.15) is 10.8 Å². The molecule has 0 atom stereocenters. The molecule has 1 aliphatic rings. The number of halogens is 1. The number of amides is 1. The Morgan fingerprint density at radius 1 is 1.33 bits per heavy atom. The van der Waals surface area contributed by atoms with Gasteiger partial charge in [0, 0.05) is 31.7 Å². The van der Waals surface area contributed by atoms with Crippen LogP contribution < -0.4 is 5.32 Å². The first-order valence-electron chi connectivity index (χ1n) is 10.3. The molecule has 164 valence electrons. The summed E-state index contributed by atoms with van der Waals surface area (Å²) < 4.78 is 11.4. The fourth-order valence-corrected chi connectivity index (χ4v) is 3.53. The van der Waals surface area contributed by atoms with Gasteiger partial charge in [0.05, 0.1) is 11.3 Å². The van der Waals surface area contributed by atoms with Crippen molar-refractivity contribution in [3.05, 3.63) is 23.3 Å². The molecule has 1 fully saturated rings. The number of nitrogens with one attached hydrogen (secondary N) is 1. The van der Waals surface area contributed by atoms with Gasteiger partial charge >= 0.3 is 6.09 Å². The first kappa shape index (κ1) is 22.3. The summed E-state index contributed by atoms with van der Waals surface area (Å²) in [5, 5.41) is 12.2. The molecule has 1 aliphatic heterocycles. The number of nitrogens with zero attached hydrogens (tertiary/aromatic N) is 4. The molecule has 8 nitrogen and oxygen atoms in total. The number of hydrogen-bond acceptors (Lipinski definition) is 7. The van der Waals surface area contributed by atoms with E-state index in [1.54, 1.807) is 17.2 Å². The third kappa shape index (κ3) is 6.08. The number of pyridine rings is 1. The van der Waals surface area contributed by atoms with Gasteiger partial charge in [-0.25, -0.2) is 9.78 Å². The standard InChI is InChI=1S/C21H30ClN5O3/c1-13(2)24-16-11-17(22)23-12-15(16)19-26-25-18(29-19)10-14-6-8-27(9-7-14)20(28)30-21(3,4)5/h11-14H,6-10H2,1-5H3,(H,23,24). The molecule has 3 rings (SSSR count). The van der Waals surface area contributed by atoms with E-state index in [2.05, 4.69) is 20.5 Å². The molecule has 2 aromatic rings. The van der Waals surface area contributed by atoms with E-state index >= 15 is 0 Å². The highest BCUT2D eigenvalue weighted by Gasteiger charge is 2.28. The zero-order valence-electron chi connectivity index (χ0n) is 18.2. The Labute approximate surface area is 182 Å². The van der Waals surface area contributed by atoms with Gasteiger partial charge in [0.15, 0.2) is 0 Å². The molecule has 1 saturated heterocycles. The third-order valence-electron chi connectivity index (χ3n) is 4.74. The minimum Gasteiger partial charge on any atom is -0.444 e. The highest BCUT2D eigenvalue weighted by Crippen LogP contribution is 2.30. The summed E-state index contributed by atoms with van der Waals surface area (Å²) in [6.45, 7) is 11.1. The molecule has 0 saturated carbocycles. The maximum atomic E-state index is 12.2. The van der Waals surface area contributed by atoms with Gasteiger partial charge in [-0.3, -0.25) is 0 Å². The molecule has 0 radical (unpaired) electrons. The summed E-state index contributed by atoms with van der Waals surface area (Å²) >= 11 is 6.04. The van der Waals surface area contributed by atoms with E-state index in [0.717, 1.165) is 24.1 Å². The molecule has 9 heteroatoms. The summed E-state index contributed by atoms with van der Waals surface area (Å²) in [4.78, 5) is 18.1. The number of carbonyl (C=O) groups is 1. The van der Waals surface area contributed by atoms with Crippen LogP contribution in [0.2, 0.25) is 5.15 Å². The number of rotatable bonds is 5. The van der Waals surface area contributed by atoms with E-state index in [0.29, 0.717) is 42.4 Å². The first-order chi connectivity index (χ1) is 14.1. The predicted octanol–water partition coefficient (Wildman–Crippen LogP) is 4.79. The Bertz CT molecular complexity index is 870. The van der Waals surface area contributed by atoms with Gasteiger partial charge < -0.3 is 19.4 Å².